The third-order valence-electron chi connectivity index (χ3n) is 8.50. The van der Waals surface area contributed by atoms with E-state index in [0.717, 1.165) is 43.1 Å². The highest BCUT2D eigenvalue weighted by molar-refractivity contribution is 7.98. The molecule has 9 nitrogen and oxygen atoms in total. The summed E-state index contributed by atoms with van der Waals surface area (Å²) < 4.78 is 49.8. The first kappa shape index (κ1) is 28.6. The van der Waals surface area contributed by atoms with Gasteiger partial charge in [0.2, 0.25) is 5.88 Å². The van der Waals surface area contributed by atoms with Crippen LogP contribution in [0.5, 0.6) is 5.88 Å². The molecule has 6 heterocycles. The van der Waals surface area contributed by atoms with Crippen LogP contribution in [0.25, 0.3) is 5.82 Å². The predicted octanol–water partition coefficient (Wildman–Crippen LogP) is 6.02. The van der Waals surface area contributed by atoms with E-state index < -0.39 is 11.6 Å². The number of amides is 1. The Kier molecular flexibility index (Phi) is 7.48. The molecule has 4 aliphatic rings. The Bertz CT molecular complexity index is 1440. The van der Waals surface area contributed by atoms with Crippen molar-refractivity contribution in [1.29, 1.82) is 0 Å². The van der Waals surface area contributed by atoms with Crippen LogP contribution in [0.3, 0.4) is 0 Å². The molecule has 1 saturated carbocycles. The first-order chi connectivity index (χ1) is 20.0. The Hall–Kier alpha value is -3.48. The van der Waals surface area contributed by atoms with E-state index in [-0.39, 0.29) is 43.2 Å². The van der Waals surface area contributed by atoms with Crippen LogP contribution in [0.4, 0.5) is 24.8 Å². The lowest BCUT2D eigenvalue weighted by Gasteiger charge is -2.34. The molecule has 0 spiro atoms. The van der Waals surface area contributed by atoms with Crippen molar-refractivity contribution in [2.45, 2.75) is 69.0 Å². The van der Waals surface area contributed by atoms with Crippen LogP contribution >= 0.6 is 11.9 Å². The topological polar surface area (TPSA) is 97.2 Å². The van der Waals surface area contributed by atoms with E-state index in [2.05, 4.69) is 38.9 Å². The van der Waals surface area contributed by atoms with Crippen molar-refractivity contribution in [3.05, 3.63) is 48.3 Å². The highest BCUT2D eigenvalue weighted by Crippen LogP contribution is 2.59. The molecule has 1 amide bonds. The van der Waals surface area contributed by atoms with Crippen molar-refractivity contribution in [2.75, 3.05) is 29.9 Å². The van der Waals surface area contributed by atoms with Gasteiger partial charge in [-0.1, -0.05) is 0 Å². The number of carbonyl (C=O) groups is 1. The minimum Gasteiger partial charge on any atom is -0.477 e. The summed E-state index contributed by atoms with van der Waals surface area (Å²) in [5, 5.41) is 7.79. The van der Waals surface area contributed by atoms with Crippen LogP contribution in [0.1, 0.15) is 62.7 Å². The molecular weight excluding hydrogens is 567 g/mol. The molecule has 3 aromatic heterocycles. The van der Waals surface area contributed by atoms with E-state index in [1.807, 2.05) is 12.1 Å². The summed E-state index contributed by atoms with van der Waals surface area (Å²) in [5.74, 6) is 2.24. The second-order valence-corrected chi connectivity index (χ2v) is 12.9. The summed E-state index contributed by atoms with van der Waals surface area (Å²) in [6, 6.07) is 8.89. The van der Waals surface area contributed by atoms with Gasteiger partial charge in [0.15, 0.2) is 5.82 Å². The molecule has 224 valence electrons. The second kappa shape index (κ2) is 11.0. The molecule has 0 radical (unpaired) electrons. The van der Waals surface area contributed by atoms with Gasteiger partial charge in [0.1, 0.15) is 11.6 Å². The summed E-state index contributed by atoms with van der Waals surface area (Å²) in [6.07, 6.45) is 2.36. The zero-order chi connectivity index (χ0) is 29.5. The molecule has 42 heavy (non-hydrogen) atoms. The SMILES string of the molecule is CC1(C)CC2CCCNc3ccc(cn3)SNC(=O)c3ccc(-n4ccc(OCCC5(C(F)(F)F)CC5)n4)nc3N1C2. The van der Waals surface area contributed by atoms with Crippen LogP contribution in [0.2, 0.25) is 0 Å². The highest BCUT2D eigenvalue weighted by Gasteiger charge is 2.62. The van der Waals surface area contributed by atoms with Crippen LogP contribution in [0, 0.1) is 11.3 Å². The quantitative estimate of drug-likeness (QED) is 0.343. The molecule has 3 aromatic rings. The molecular formula is C29H34F3N7O2S. The molecule has 2 fully saturated rings. The highest BCUT2D eigenvalue weighted by atomic mass is 32.2. The lowest BCUT2D eigenvalue weighted by atomic mass is 9.93. The van der Waals surface area contributed by atoms with Gasteiger partial charge < -0.3 is 15.0 Å². The van der Waals surface area contributed by atoms with Crippen molar-refractivity contribution >= 4 is 29.5 Å². The molecule has 4 bridgehead atoms. The van der Waals surface area contributed by atoms with Gasteiger partial charge in [-0.3, -0.25) is 9.52 Å². The molecule has 13 heteroatoms. The van der Waals surface area contributed by atoms with E-state index in [1.54, 1.807) is 30.6 Å². The van der Waals surface area contributed by atoms with Crippen LogP contribution < -0.4 is 19.7 Å². The maximum atomic E-state index is 13.5. The fraction of sp³-hybridized carbons (Fsp3) is 0.517. The monoisotopic (exact) mass is 601 g/mol. The Morgan fingerprint density at radius 1 is 1.17 bits per heavy atom. The third-order valence-corrected chi connectivity index (χ3v) is 9.26. The Labute approximate surface area is 246 Å². The van der Waals surface area contributed by atoms with E-state index >= 15 is 0 Å². The van der Waals surface area contributed by atoms with E-state index in [4.69, 9.17) is 9.72 Å². The van der Waals surface area contributed by atoms with Gasteiger partial charge in [0, 0.05) is 42.0 Å². The van der Waals surface area contributed by atoms with Gasteiger partial charge in [-0.05, 0) is 94.5 Å². The number of hydrogen-bond acceptors (Lipinski definition) is 8. The zero-order valence-electron chi connectivity index (χ0n) is 23.6. The number of pyridine rings is 2. The van der Waals surface area contributed by atoms with E-state index in [9.17, 15) is 18.0 Å². The average Bonchev–Trinajstić information content (AvgIpc) is 3.50. The lowest BCUT2D eigenvalue weighted by Crippen LogP contribution is -2.40. The fourth-order valence-electron chi connectivity index (χ4n) is 5.90. The normalized spacial score (nSPS) is 21.4. The molecule has 7 rings (SSSR count). The number of halogens is 3. The molecule has 0 aromatic carbocycles. The summed E-state index contributed by atoms with van der Waals surface area (Å²) in [7, 11) is 0. The first-order valence-corrected chi connectivity index (χ1v) is 15.1. The number of aromatic nitrogens is 4. The number of nitrogens with zero attached hydrogens (tertiary/aromatic N) is 5. The summed E-state index contributed by atoms with van der Waals surface area (Å²) >= 11 is 1.19. The predicted molar refractivity (Wildman–Crippen MR) is 154 cm³/mol. The summed E-state index contributed by atoms with van der Waals surface area (Å²) in [6.45, 7) is 5.86. The number of anilines is 2. The van der Waals surface area contributed by atoms with Crippen molar-refractivity contribution in [1.82, 2.24) is 24.5 Å². The van der Waals surface area contributed by atoms with Gasteiger partial charge in [-0.2, -0.15) is 13.2 Å². The summed E-state index contributed by atoms with van der Waals surface area (Å²) in [5.41, 5.74) is -1.40. The van der Waals surface area contributed by atoms with Crippen molar-refractivity contribution in [3.63, 3.8) is 0 Å². The maximum Gasteiger partial charge on any atom is 0.394 e. The number of rotatable bonds is 5. The second-order valence-electron chi connectivity index (χ2n) is 12.0. The number of ether oxygens (including phenoxy) is 1. The van der Waals surface area contributed by atoms with Crippen LogP contribution in [0.15, 0.2) is 47.6 Å². The number of alkyl halides is 3. The molecule has 1 unspecified atom stereocenters. The van der Waals surface area contributed by atoms with Gasteiger partial charge in [0.05, 0.1) is 17.6 Å². The van der Waals surface area contributed by atoms with Gasteiger partial charge in [0.25, 0.3) is 5.91 Å². The van der Waals surface area contributed by atoms with E-state index in [1.165, 1.54) is 16.6 Å². The van der Waals surface area contributed by atoms with Gasteiger partial charge in [-0.25, -0.2) is 14.6 Å². The number of fused-ring (bicyclic) bond motifs is 7. The smallest absolute Gasteiger partial charge is 0.394 e. The summed E-state index contributed by atoms with van der Waals surface area (Å²) in [4.78, 5) is 25.9. The molecule has 1 atom stereocenters. The van der Waals surface area contributed by atoms with Crippen LogP contribution in [-0.2, 0) is 0 Å². The largest absolute Gasteiger partial charge is 0.477 e. The third kappa shape index (κ3) is 5.88. The zero-order valence-corrected chi connectivity index (χ0v) is 24.4. The maximum absolute atomic E-state index is 13.5. The Balaban J connectivity index is 1.25. The van der Waals surface area contributed by atoms with Gasteiger partial charge >= 0.3 is 6.18 Å². The fourth-order valence-corrected chi connectivity index (χ4v) is 6.47. The molecule has 3 aliphatic heterocycles. The number of carbonyl (C=O) groups excluding carboxylic acids is 1. The van der Waals surface area contributed by atoms with E-state index in [0.29, 0.717) is 23.1 Å². The standard InChI is InChI=1S/C29H34F3N7O2S/c1-27(2)16-19-4-3-13-33-22-7-5-20(17-34-22)42-37-26(40)21-6-8-23(35-25(21)38(27)18-19)39-14-9-24(36-39)41-15-12-28(10-11-28)29(30,31)32/h5-9,14,17,19H,3-4,10-13,15-16,18H2,1-2H3,(H,33,34)(H,37,40). The van der Waals surface area contributed by atoms with Crippen LogP contribution in [-0.4, -0.2) is 57.1 Å². The minimum absolute atomic E-state index is 0.0664. The molecule has 1 saturated heterocycles. The molecule has 2 N–H and O–H groups in total. The van der Waals surface area contributed by atoms with Crippen molar-refractivity contribution in [2.24, 2.45) is 11.3 Å². The Morgan fingerprint density at radius 3 is 2.74 bits per heavy atom. The minimum atomic E-state index is -4.21. The van der Waals surface area contributed by atoms with Gasteiger partial charge in [-0.15, -0.1) is 5.10 Å². The average molecular weight is 602 g/mol. The van der Waals surface area contributed by atoms with Crippen molar-refractivity contribution in [3.8, 4) is 11.7 Å². The lowest BCUT2D eigenvalue weighted by molar-refractivity contribution is -0.190. The number of hydrogen-bond donors (Lipinski definition) is 2. The van der Waals surface area contributed by atoms with Crippen molar-refractivity contribution < 1.29 is 22.7 Å². The molecule has 1 aliphatic carbocycles. The number of nitrogens with one attached hydrogen (secondary N) is 2. The first-order valence-electron chi connectivity index (χ1n) is 14.2. The Morgan fingerprint density at radius 2 is 2.00 bits per heavy atom.